The fourth-order valence-corrected chi connectivity index (χ4v) is 6.57. The molecule has 0 saturated heterocycles. The standard InChI is InChI=1S/C25H31N5O3S2/c1-5-30-23(16(4)33-18-9-7-6-8-15(18)3)28-29-25(30)34-13-20(31)27-24-21(22(26)32)17-11-10-14(2)12-19(17)35-24/h6-9,14,16H,5,10-13H2,1-4H3,(H2,26,32)(H,27,31). The Bertz CT molecular complexity index is 1240. The van der Waals surface area contributed by atoms with Crippen molar-refractivity contribution >= 4 is 39.9 Å². The van der Waals surface area contributed by atoms with E-state index in [-0.39, 0.29) is 17.8 Å². The first kappa shape index (κ1) is 25.2. The second-order valence-electron chi connectivity index (χ2n) is 8.87. The van der Waals surface area contributed by atoms with Crippen LogP contribution in [0.2, 0.25) is 0 Å². The highest BCUT2D eigenvalue weighted by Gasteiger charge is 2.27. The Hall–Kier alpha value is -2.85. The molecule has 3 aromatic rings. The van der Waals surface area contributed by atoms with Crippen LogP contribution in [-0.2, 0) is 24.2 Å². The third kappa shape index (κ3) is 5.54. The van der Waals surface area contributed by atoms with Crippen LogP contribution in [0.3, 0.4) is 0 Å². The largest absolute Gasteiger partial charge is 0.482 e. The number of carbonyl (C=O) groups is 2. The Labute approximate surface area is 213 Å². The first-order valence-corrected chi connectivity index (χ1v) is 13.6. The molecule has 8 nitrogen and oxygen atoms in total. The lowest BCUT2D eigenvalue weighted by Crippen LogP contribution is -2.20. The highest BCUT2D eigenvalue weighted by atomic mass is 32.2. The van der Waals surface area contributed by atoms with Crippen molar-refractivity contribution in [1.82, 2.24) is 14.8 Å². The van der Waals surface area contributed by atoms with Gasteiger partial charge in [0.25, 0.3) is 5.91 Å². The van der Waals surface area contributed by atoms with E-state index in [0.29, 0.717) is 34.0 Å². The molecule has 35 heavy (non-hydrogen) atoms. The molecule has 0 saturated carbocycles. The van der Waals surface area contributed by atoms with E-state index in [2.05, 4.69) is 22.4 Å². The maximum atomic E-state index is 12.8. The van der Waals surface area contributed by atoms with E-state index in [1.165, 1.54) is 23.1 Å². The van der Waals surface area contributed by atoms with Gasteiger partial charge in [-0.25, -0.2) is 0 Å². The van der Waals surface area contributed by atoms with E-state index in [1.54, 1.807) is 0 Å². The van der Waals surface area contributed by atoms with Gasteiger partial charge in [-0.1, -0.05) is 36.9 Å². The number of amides is 2. The number of nitrogens with zero attached hydrogens (tertiary/aromatic N) is 3. The van der Waals surface area contributed by atoms with Gasteiger partial charge in [0, 0.05) is 11.4 Å². The van der Waals surface area contributed by atoms with Crippen LogP contribution in [0.25, 0.3) is 0 Å². The Balaban J connectivity index is 1.43. The lowest BCUT2D eigenvalue weighted by Gasteiger charge is -2.18. The molecule has 10 heteroatoms. The Kier molecular flexibility index (Phi) is 7.81. The average molecular weight is 514 g/mol. The van der Waals surface area contributed by atoms with Crippen molar-refractivity contribution in [3.8, 4) is 5.75 Å². The van der Waals surface area contributed by atoms with Crippen molar-refractivity contribution in [2.24, 2.45) is 11.7 Å². The number of nitrogens with two attached hydrogens (primary N) is 1. The summed E-state index contributed by atoms with van der Waals surface area (Å²) in [5.74, 6) is 1.51. The van der Waals surface area contributed by atoms with Crippen LogP contribution in [-0.4, -0.2) is 32.3 Å². The number of carbonyl (C=O) groups excluding carboxylic acids is 2. The summed E-state index contributed by atoms with van der Waals surface area (Å²) in [4.78, 5) is 26.1. The lowest BCUT2D eigenvalue weighted by atomic mass is 9.88. The van der Waals surface area contributed by atoms with Gasteiger partial charge in [-0.15, -0.1) is 21.5 Å². The van der Waals surface area contributed by atoms with E-state index in [4.69, 9.17) is 10.5 Å². The van der Waals surface area contributed by atoms with Crippen LogP contribution in [0.15, 0.2) is 29.4 Å². The fourth-order valence-electron chi connectivity index (χ4n) is 4.33. The molecule has 1 aliphatic carbocycles. The molecule has 3 N–H and O–H groups in total. The minimum absolute atomic E-state index is 0.141. The molecule has 0 fully saturated rings. The quantitative estimate of drug-likeness (QED) is 0.399. The maximum absolute atomic E-state index is 12.8. The number of aryl methyl sites for hydroxylation is 1. The van der Waals surface area contributed by atoms with E-state index < -0.39 is 5.91 Å². The number of nitrogens with one attached hydrogen (secondary N) is 1. The summed E-state index contributed by atoms with van der Waals surface area (Å²) >= 11 is 2.78. The number of thiophene rings is 1. The molecule has 1 aromatic carbocycles. The van der Waals surface area contributed by atoms with Crippen molar-refractivity contribution < 1.29 is 14.3 Å². The molecule has 0 aliphatic heterocycles. The van der Waals surface area contributed by atoms with Gasteiger partial charge < -0.3 is 20.4 Å². The minimum atomic E-state index is -0.488. The summed E-state index contributed by atoms with van der Waals surface area (Å²) < 4.78 is 8.08. The number of rotatable bonds is 9. The summed E-state index contributed by atoms with van der Waals surface area (Å²) in [6, 6.07) is 7.84. The normalized spacial score (nSPS) is 15.9. The first-order chi connectivity index (χ1) is 16.8. The zero-order valence-electron chi connectivity index (χ0n) is 20.5. The van der Waals surface area contributed by atoms with Crippen LogP contribution in [0.4, 0.5) is 5.00 Å². The molecule has 2 unspecified atom stereocenters. The van der Waals surface area contributed by atoms with Crippen molar-refractivity contribution in [3.05, 3.63) is 51.7 Å². The Morgan fingerprint density at radius 3 is 2.83 bits per heavy atom. The molecular formula is C25H31N5O3S2. The van der Waals surface area contributed by atoms with Crippen LogP contribution >= 0.6 is 23.1 Å². The molecule has 0 radical (unpaired) electrons. The summed E-state index contributed by atoms with van der Waals surface area (Å²) in [6.07, 6.45) is 2.45. The number of thioether (sulfide) groups is 1. The molecule has 1 aliphatic rings. The Morgan fingerprint density at radius 1 is 1.34 bits per heavy atom. The number of aromatic nitrogens is 3. The van der Waals surface area contributed by atoms with E-state index in [9.17, 15) is 9.59 Å². The van der Waals surface area contributed by atoms with Crippen molar-refractivity contribution in [2.45, 2.75) is 64.8 Å². The molecule has 186 valence electrons. The predicted molar refractivity (Wildman–Crippen MR) is 139 cm³/mol. The van der Waals surface area contributed by atoms with Crippen molar-refractivity contribution in [1.29, 1.82) is 0 Å². The molecule has 0 spiro atoms. The van der Waals surface area contributed by atoms with Gasteiger partial charge in [0.1, 0.15) is 10.8 Å². The number of ether oxygens (including phenoxy) is 1. The third-order valence-corrected chi connectivity index (χ3v) is 8.30. The van der Waals surface area contributed by atoms with E-state index in [0.717, 1.165) is 41.0 Å². The lowest BCUT2D eigenvalue weighted by molar-refractivity contribution is -0.113. The summed E-state index contributed by atoms with van der Waals surface area (Å²) in [7, 11) is 0. The van der Waals surface area contributed by atoms with Crippen molar-refractivity contribution in [3.63, 3.8) is 0 Å². The van der Waals surface area contributed by atoms with Gasteiger partial charge in [0.2, 0.25) is 5.91 Å². The number of hydrogen-bond donors (Lipinski definition) is 2. The average Bonchev–Trinajstić information content (AvgIpc) is 3.39. The molecule has 2 heterocycles. The zero-order valence-corrected chi connectivity index (χ0v) is 22.1. The third-order valence-electron chi connectivity index (χ3n) is 6.17. The summed E-state index contributed by atoms with van der Waals surface area (Å²) in [5, 5.41) is 12.8. The zero-order chi connectivity index (χ0) is 25.1. The monoisotopic (exact) mass is 513 g/mol. The number of benzene rings is 1. The number of anilines is 1. The van der Waals surface area contributed by atoms with E-state index in [1.807, 2.05) is 49.6 Å². The van der Waals surface area contributed by atoms with E-state index >= 15 is 0 Å². The van der Waals surface area contributed by atoms with Crippen molar-refractivity contribution in [2.75, 3.05) is 11.1 Å². The van der Waals surface area contributed by atoms with Crippen LogP contribution in [0.5, 0.6) is 5.75 Å². The molecule has 2 amide bonds. The smallest absolute Gasteiger partial charge is 0.251 e. The van der Waals surface area contributed by atoms with Gasteiger partial charge in [0.05, 0.1) is 11.3 Å². The molecule has 2 aromatic heterocycles. The predicted octanol–water partition coefficient (Wildman–Crippen LogP) is 4.76. The van der Waals surface area contributed by atoms with Gasteiger partial charge in [-0.2, -0.15) is 0 Å². The Morgan fingerprint density at radius 2 is 2.11 bits per heavy atom. The minimum Gasteiger partial charge on any atom is -0.482 e. The van der Waals surface area contributed by atoms with Gasteiger partial charge >= 0.3 is 0 Å². The first-order valence-electron chi connectivity index (χ1n) is 11.8. The van der Waals surface area contributed by atoms with Crippen LogP contribution in [0, 0.1) is 12.8 Å². The SMILES string of the molecule is CCn1c(SCC(=O)Nc2sc3c(c2C(N)=O)CCC(C)C3)nnc1C(C)Oc1ccccc1C. The number of fused-ring (bicyclic) bond motifs is 1. The maximum Gasteiger partial charge on any atom is 0.251 e. The second kappa shape index (κ2) is 10.8. The molecule has 2 atom stereocenters. The summed E-state index contributed by atoms with van der Waals surface area (Å²) in [6.45, 7) is 8.80. The van der Waals surface area contributed by atoms with Crippen LogP contribution in [0.1, 0.15) is 65.5 Å². The molecule has 4 rings (SSSR count). The van der Waals surface area contributed by atoms with Gasteiger partial charge in [-0.05, 0) is 63.1 Å². The highest BCUT2D eigenvalue weighted by molar-refractivity contribution is 7.99. The number of para-hydroxylation sites is 1. The number of primary amides is 1. The second-order valence-corrected chi connectivity index (χ2v) is 10.9. The summed E-state index contributed by atoms with van der Waals surface area (Å²) in [5.41, 5.74) is 8.19. The molecular weight excluding hydrogens is 482 g/mol. The highest BCUT2D eigenvalue weighted by Crippen LogP contribution is 2.39. The number of hydrogen-bond acceptors (Lipinski definition) is 7. The van der Waals surface area contributed by atoms with Gasteiger partial charge in [0.15, 0.2) is 17.1 Å². The van der Waals surface area contributed by atoms with Gasteiger partial charge in [-0.3, -0.25) is 9.59 Å². The topological polar surface area (TPSA) is 112 Å². The van der Waals surface area contributed by atoms with Crippen LogP contribution < -0.4 is 15.8 Å². The molecule has 0 bridgehead atoms. The fraction of sp³-hybridized carbons (Fsp3) is 0.440.